The van der Waals surface area contributed by atoms with Gasteiger partial charge in [0.05, 0.1) is 0 Å². The maximum absolute atomic E-state index is 12.3. The van der Waals surface area contributed by atoms with E-state index in [2.05, 4.69) is 41.8 Å². The summed E-state index contributed by atoms with van der Waals surface area (Å²) in [7, 11) is 4.18. The Kier molecular flexibility index (Phi) is 4.60. The quantitative estimate of drug-likeness (QED) is 0.819. The van der Waals surface area contributed by atoms with E-state index in [1.807, 2.05) is 12.1 Å². The summed E-state index contributed by atoms with van der Waals surface area (Å²) in [5, 5.41) is 3.56. The molecule has 0 saturated carbocycles. The molecule has 2 aromatic rings. The van der Waals surface area contributed by atoms with Crippen LogP contribution in [0.15, 0.2) is 23.8 Å². The van der Waals surface area contributed by atoms with Crippen molar-refractivity contribution in [2.75, 3.05) is 20.6 Å². The average molecular weight is 362 g/mol. The molecule has 2 aliphatic rings. The largest absolute Gasteiger partial charge is 0.340 e. The normalized spacial score (nSPS) is 15.9. The van der Waals surface area contributed by atoms with Gasteiger partial charge in [0.25, 0.3) is 0 Å². The topological polar surface area (TPSA) is 42.3 Å². The van der Waals surface area contributed by atoms with Gasteiger partial charge in [-0.1, -0.05) is 12.2 Å². The van der Waals surface area contributed by atoms with Gasteiger partial charge in [-0.15, -0.1) is 0 Å². The SMILES string of the molecule is CC(=O)C1=CC=c2c(c3c4c(ccc3n2CCCN(C)C)C(=O)CC4)=CC1. The smallest absolute Gasteiger partial charge is 0.163 e. The molecule has 1 aromatic heterocycles. The van der Waals surface area contributed by atoms with Crippen LogP contribution in [0.1, 0.15) is 42.1 Å². The molecule has 0 N–H and O–H groups in total. The van der Waals surface area contributed by atoms with Gasteiger partial charge in [0.15, 0.2) is 11.6 Å². The molecular formula is C23H26N2O2. The molecule has 1 aromatic carbocycles. The van der Waals surface area contributed by atoms with E-state index in [4.69, 9.17) is 0 Å². The van der Waals surface area contributed by atoms with Crippen molar-refractivity contribution in [3.8, 4) is 0 Å². The van der Waals surface area contributed by atoms with Gasteiger partial charge in [0.2, 0.25) is 0 Å². The second-order valence-electron chi connectivity index (χ2n) is 7.84. The van der Waals surface area contributed by atoms with Crippen molar-refractivity contribution in [2.24, 2.45) is 0 Å². The minimum absolute atomic E-state index is 0.122. The van der Waals surface area contributed by atoms with Crippen molar-refractivity contribution in [2.45, 2.75) is 39.2 Å². The summed E-state index contributed by atoms with van der Waals surface area (Å²) in [4.78, 5) is 26.3. The fraction of sp³-hybridized carbons (Fsp3) is 0.391. The number of carbonyl (C=O) groups excluding carboxylic acids is 2. The molecule has 2 aliphatic carbocycles. The molecule has 4 heteroatoms. The molecule has 4 nitrogen and oxygen atoms in total. The Morgan fingerprint density at radius 1 is 1.19 bits per heavy atom. The molecule has 0 spiro atoms. The average Bonchev–Trinajstić information content (AvgIpc) is 3.04. The summed E-state index contributed by atoms with van der Waals surface area (Å²) < 4.78 is 2.37. The zero-order valence-electron chi connectivity index (χ0n) is 16.3. The van der Waals surface area contributed by atoms with Gasteiger partial charge in [-0.05, 0) is 76.2 Å². The first-order valence-corrected chi connectivity index (χ1v) is 9.71. The molecule has 0 unspecified atom stereocenters. The van der Waals surface area contributed by atoms with Crippen LogP contribution in [0.3, 0.4) is 0 Å². The lowest BCUT2D eigenvalue weighted by atomic mass is 10.0. The third kappa shape index (κ3) is 3.08. The molecule has 1 heterocycles. The zero-order chi connectivity index (χ0) is 19.1. The highest BCUT2D eigenvalue weighted by atomic mass is 16.1. The van der Waals surface area contributed by atoms with Crippen LogP contribution in [0.4, 0.5) is 0 Å². The van der Waals surface area contributed by atoms with E-state index in [0.29, 0.717) is 12.8 Å². The fourth-order valence-electron chi connectivity index (χ4n) is 4.35. The Hall–Kier alpha value is -2.46. The first kappa shape index (κ1) is 17.9. The van der Waals surface area contributed by atoms with Gasteiger partial charge >= 0.3 is 0 Å². The van der Waals surface area contributed by atoms with Crippen molar-refractivity contribution in [1.82, 2.24) is 9.47 Å². The molecule has 0 radical (unpaired) electrons. The molecule has 4 rings (SSSR count). The van der Waals surface area contributed by atoms with Crippen molar-refractivity contribution in [3.05, 3.63) is 45.5 Å². The van der Waals surface area contributed by atoms with Crippen molar-refractivity contribution in [1.29, 1.82) is 0 Å². The molecular weight excluding hydrogens is 336 g/mol. The Balaban J connectivity index is 1.96. The number of benzene rings is 1. The second kappa shape index (κ2) is 6.93. The van der Waals surface area contributed by atoms with E-state index >= 15 is 0 Å². The third-order valence-electron chi connectivity index (χ3n) is 5.73. The number of fused-ring (bicyclic) bond motifs is 5. The summed E-state index contributed by atoms with van der Waals surface area (Å²) >= 11 is 0. The highest BCUT2D eigenvalue weighted by molar-refractivity contribution is 6.06. The predicted molar refractivity (Wildman–Crippen MR) is 109 cm³/mol. The third-order valence-corrected chi connectivity index (χ3v) is 5.73. The van der Waals surface area contributed by atoms with Gasteiger partial charge in [-0.2, -0.15) is 0 Å². The molecule has 140 valence electrons. The Morgan fingerprint density at radius 3 is 2.74 bits per heavy atom. The summed E-state index contributed by atoms with van der Waals surface area (Å²) in [6.07, 6.45) is 9.37. The number of aryl methyl sites for hydroxylation is 2. The number of Topliss-reactive ketones (excluding diaryl/α,β-unsaturated/α-hetero) is 2. The summed E-state index contributed by atoms with van der Waals surface area (Å²) in [6, 6.07) is 4.12. The Bertz CT molecular complexity index is 1100. The maximum Gasteiger partial charge on any atom is 0.163 e. The molecule has 0 aliphatic heterocycles. The van der Waals surface area contributed by atoms with E-state index in [1.54, 1.807) is 6.92 Å². The van der Waals surface area contributed by atoms with Gasteiger partial charge in [0.1, 0.15) is 0 Å². The van der Waals surface area contributed by atoms with Gasteiger partial charge in [-0.25, -0.2) is 0 Å². The monoisotopic (exact) mass is 362 g/mol. The number of allylic oxidation sites excluding steroid dienone is 2. The van der Waals surface area contributed by atoms with E-state index in [1.165, 1.54) is 21.7 Å². The predicted octanol–water partition coefficient (Wildman–Crippen LogP) is 2.20. The summed E-state index contributed by atoms with van der Waals surface area (Å²) in [6.45, 7) is 3.57. The molecule has 0 atom stereocenters. The van der Waals surface area contributed by atoms with Crippen LogP contribution < -0.4 is 10.6 Å². The summed E-state index contributed by atoms with van der Waals surface area (Å²) in [5.41, 5.74) is 4.12. The first-order chi connectivity index (χ1) is 13.0. The standard InChI is InChI=1S/C23H26N2O2/c1-15(26)16-5-7-19-20(10-6-16)25(14-4-13-24(2)3)21-11-8-17-18(23(19)21)9-12-22(17)27/h6-8,10-11H,4-5,9,12-14H2,1-3H3. The zero-order valence-corrected chi connectivity index (χ0v) is 16.3. The minimum Gasteiger partial charge on any atom is -0.340 e. The second-order valence-corrected chi connectivity index (χ2v) is 7.84. The van der Waals surface area contributed by atoms with Gasteiger partial charge in [-0.3, -0.25) is 9.59 Å². The van der Waals surface area contributed by atoms with Crippen LogP contribution in [0.25, 0.3) is 23.1 Å². The van der Waals surface area contributed by atoms with Crippen molar-refractivity contribution in [3.63, 3.8) is 0 Å². The van der Waals surface area contributed by atoms with Crippen LogP contribution >= 0.6 is 0 Å². The molecule has 0 saturated heterocycles. The van der Waals surface area contributed by atoms with Gasteiger partial charge in [0, 0.05) is 40.0 Å². The number of nitrogens with zero attached hydrogens (tertiary/aromatic N) is 2. The lowest BCUT2D eigenvalue weighted by molar-refractivity contribution is -0.113. The van der Waals surface area contributed by atoms with Crippen LogP contribution in [0.2, 0.25) is 0 Å². The molecule has 27 heavy (non-hydrogen) atoms. The maximum atomic E-state index is 12.3. The highest BCUT2D eigenvalue weighted by Crippen LogP contribution is 2.28. The number of rotatable bonds is 5. The molecule has 0 amide bonds. The van der Waals surface area contributed by atoms with Crippen molar-refractivity contribution < 1.29 is 9.59 Å². The number of carbonyl (C=O) groups is 2. The van der Waals surface area contributed by atoms with E-state index in [-0.39, 0.29) is 11.6 Å². The van der Waals surface area contributed by atoms with Gasteiger partial charge < -0.3 is 9.47 Å². The van der Waals surface area contributed by atoms with E-state index < -0.39 is 0 Å². The fourth-order valence-corrected chi connectivity index (χ4v) is 4.35. The first-order valence-electron chi connectivity index (χ1n) is 9.71. The number of aromatic nitrogens is 1. The lowest BCUT2D eigenvalue weighted by Crippen LogP contribution is -2.29. The number of hydrogen-bond donors (Lipinski definition) is 0. The molecule has 0 bridgehead atoms. The van der Waals surface area contributed by atoms with E-state index in [0.717, 1.165) is 42.4 Å². The van der Waals surface area contributed by atoms with Crippen LogP contribution in [-0.4, -0.2) is 41.7 Å². The van der Waals surface area contributed by atoms with Crippen molar-refractivity contribution >= 4 is 34.6 Å². The number of ketones is 2. The van der Waals surface area contributed by atoms with Crippen LogP contribution in [0.5, 0.6) is 0 Å². The Morgan fingerprint density at radius 2 is 2.00 bits per heavy atom. The Labute approximate surface area is 159 Å². The highest BCUT2D eigenvalue weighted by Gasteiger charge is 2.24. The van der Waals surface area contributed by atoms with Crippen LogP contribution in [0, 0.1) is 0 Å². The summed E-state index contributed by atoms with van der Waals surface area (Å²) in [5.74, 6) is 0.373. The molecule has 0 fully saturated rings. The minimum atomic E-state index is 0.122. The number of hydrogen-bond acceptors (Lipinski definition) is 3. The van der Waals surface area contributed by atoms with E-state index in [9.17, 15) is 9.59 Å². The lowest BCUT2D eigenvalue weighted by Gasteiger charge is -2.11. The van der Waals surface area contributed by atoms with Crippen LogP contribution in [-0.2, 0) is 17.8 Å².